The Labute approximate surface area is 161 Å². The largest absolute Gasteiger partial charge is 0.344 e. The third-order valence-electron chi connectivity index (χ3n) is 5.41. The molecule has 1 unspecified atom stereocenters. The number of nitrogens with zero attached hydrogens (tertiary/aromatic N) is 2. The van der Waals surface area contributed by atoms with Crippen molar-refractivity contribution in [1.82, 2.24) is 10.2 Å². The number of carbonyl (C=O) groups excluding carboxylic acids is 2. The Balaban J connectivity index is 1.92. The number of hydrogen-bond acceptors (Lipinski definition) is 3. The fourth-order valence-corrected chi connectivity index (χ4v) is 3.97. The minimum atomic E-state index is -0.491. The summed E-state index contributed by atoms with van der Waals surface area (Å²) in [6.07, 6.45) is 1.45. The first-order chi connectivity index (χ1) is 13.0. The summed E-state index contributed by atoms with van der Waals surface area (Å²) in [5.74, 6) is -0.173. The average molecular weight is 367 g/mol. The molecule has 27 heavy (non-hydrogen) atoms. The van der Waals surface area contributed by atoms with Crippen LogP contribution in [0, 0.1) is 0 Å². The van der Waals surface area contributed by atoms with Crippen LogP contribution in [0.1, 0.15) is 32.8 Å². The predicted octanol–water partition coefficient (Wildman–Crippen LogP) is 2.97. The molecule has 0 fully saturated rings. The van der Waals surface area contributed by atoms with E-state index in [1.807, 2.05) is 17.0 Å². The van der Waals surface area contributed by atoms with Crippen molar-refractivity contribution < 1.29 is 9.59 Å². The summed E-state index contributed by atoms with van der Waals surface area (Å²) in [6, 6.07) is 11.9. The molecule has 1 heterocycles. The molecule has 144 valence electrons. The summed E-state index contributed by atoms with van der Waals surface area (Å²) < 4.78 is 0. The lowest BCUT2D eigenvalue weighted by Crippen LogP contribution is -2.53. The van der Waals surface area contributed by atoms with Gasteiger partial charge in [-0.15, -0.1) is 0 Å². The normalized spacial score (nSPS) is 16.7. The molecular formula is C22H29N3O2. The predicted molar refractivity (Wildman–Crippen MR) is 110 cm³/mol. The third kappa shape index (κ3) is 4.14. The van der Waals surface area contributed by atoms with Crippen LogP contribution in [-0.2, 0) is 16.0 Å². The van der Waals surface area contributed by atoms with Crippen LogP contribution in [0.5, 0.6) is 0 Å². The molecule has 0 saturated heterocycles. The summed E-state index contributed by atoms with van der Waals surface area (Å²) in [4.78, 5) is 28.9. The van der Waals surface area contributed by atoms with Crippen molar-refractivity contribution in [2.45, 2.75) is 39.7 Å². The highest BCUT2D eigenvalue weighted by Gasteiger charge is 2.33. The van der Waals surface area contributed by atoms with Crippen molar-refractivity contribution in [3.8, 4) is 0 Å². The Hall–Kier alpha value is -2.40. The molecule has 0 aromatic heterocycles. The van der Waals surface area contributed by atoms with Crippen molar-refractivity contribution >= 4 is 28.3 Å². The molecule has 2 aromatic rings. The number of amides is 2. The lowest BCUT2D eigenvalue weighted by atomic mass is 9.92. The molecule has 1 aliphatic heterocycles. The Morgan fingerprint density at radius 3 is 2.63 bits per heavy atom. The standard InChI is InChI=1S/C22H29N3O2/c1-4-24(5-2)13-8-14-25-21-12-11-17-9-6-7-10-18(17)19(21)15-20(22(25)27)23-16(3)26/h6-7,9-12,20H,4-5,8,13-15H2,1-3H3,(H,23,26). The minimum absolute atomic E-state index is 0.00692. The second-order valence-corrected chi connectivity index (χ2v) is 7.11. The van der Waals surface area contributed by atoms with Gasteiger partial charge in [0.1, 0.15) is 6.04 Å². The first kappa shape index (κ1) is 19.4. The molecule has 0 saturated carbocycles. The van der Waals surface area contributed by atoms with Gasteiger partial charge in [0.05, 0.1) is 0 Å². The van der Waals surface area contributed by atoms with Gasteiger partial charge in [-0.2, -0.15) is 0 Å². The molecule has 0 bridgehead atoms. The summed E-state index contributed by atoms with van der Waals surface area (Å²) in [6.45, 7) is 9.44. The van der Waals surface area contributed by atoms with Crippen molar-refractivity contribution in [1.29, 1.82) is 0 Å². The first-order valence-electron chi connectivity index (χ1n) is 9.86. The van der Waals surface area contributed by atoms with E-state index in [-0.39, 0.29) is 11.8 Å². The van der Waals surface area contributed by atoms with Gasteiger partial charge in [0.25, 0.3) is 0 Å². The van der Waals surface area contributed by atoms with E-state index in [2.05, 4.69) is 48.3 Å². The summed E-state index contributed by atoms with van der Waals surface area (Å²) >= 11 is 0. The zero-order valence-electron chi connectivity index (χ0n) is 16.5. The average Bonchev–Trinajstić information content (AvgIpc) is 2.67. The van der Waals surface area contributed by atoms with Crippen LogP contribution in [0.3, 0.4) is 0 Å². The maximum absolute atomic E-state index is 13.1. The first-order valence-corrected chi connectivity index (χ1v) is 9.86. The van der Waals surface area contributed by atoms with E-state index in [0.29, 0.717) is 13.0 Å². The molecule has 1 aliphatic rings. The Morgan fingerprint density at radius 1 is 1.19 bits per heavy atom. The van der Waals surface area contributed by atoms with Gasteiger partial charge in [0.15, 0.2) is 0 Å². The highest BCUT2D eigenvalue weighted by atomic mass is 16.2. The van der Waals surface area contributed by atoms with Crippen molar-refractivity contribution in [2.75, 3.05) is 31.1 Å². The van der Waals surface area contributed by atoms with Gasteiger partial charge < -0.3 is 15.1 Å². The van der Waals surface area contributed by atoms with E-state index in [1.54, 1.807) is 0 Å². The summed E-state index contributed by atoms with van der Waals surface area (Å²) in [7, 11) is 0. The minimum Gasteiger partial charge on any atom is -0.344 e. The molecule has 2 aromatic carbocycles. The molecule has 0 spiro atoms. The van der Waals surface area contributed by atoms with Gasteiger partial charge in [-0.25, -0.2) is 0 Å². The zero-order valence-corrected chi connectivity index (χ0v) is 16.5. The van der Waals surface area contributed by atoms with Gasteiger partial charge in [-0.05, 0) is 48.5 Å². The molecule has 0 radical (unpaired) electrons. The Morgan fingerprint density at radius 2 is 1.93 bits per heavy atom. The van der Waals surface area contributed by atoms with E-state index in [9.17, 15) is 9.59 Å². The molecular weight excluding hydrogens is 338 g/mol. The van der Waals surface area contributed by atoms with Crippen LogP contribution in [-0.4, -0.2) is 48.9 Å². The number of benzene rings is 2. The molecule has 5 heteroatoms. The molecule has 1 atom stereocenters. The van der Waals surface area contributed by atoms with Crippen LogP contribution >= 0.6 is 0 Å². The van der Waals surface area contributed by atoms with Crippen LogP contribution < -0.4 is 10.2 Å². The van der Waals surface area contributed by atoms with E-state index in [0.717, 1.165) is 48.1 Å². The molecule has 0 aliphatic carbocycles. The zero-order chi connectivity index (χ0) is 19.4. The Kier molecular flexibility index (Phi) is 6.11. The van der Waals surface area contributed by atoms with Crippen LogP contribution in [0.4, 0.5) is 5.69 Å². The monoisotopic (exact) mass is 367 g/mol. The lowest BCUT2D eigenvalue weighted by Gasteiger charge is -2.35. The highest BCUT2D eigenvalue weighted by Crippen LogP contribution is 2.34. The smallest absolute Gasteiger partial charge is 0.249 e. The van der Waals surface area contributed by atoms with E-state index >= 15 is 0 Å². The van der Waals surface area contributed by atoms with Crippen molar-refractivity contribution in [3.05, 3.63) is 42.0 Å². The quantitative estimate of drug-likeness (QED) is 0.819. The van der Waals surface area contributed by atoms with Gasteiger partial charge in [-0.1, -0.05) is 44.2 Å². The summed E-state index contributed by atoms with van der Waals surface area (Å²) in [5, 5.41) is 5.17. The number of carbonyl (C=O) groups is 2. The topological polar surface area (TPSA) is 52.6 Å². The molecule has 1 N–H and O–H groups in total. The molecule has 3 rings (SSSR count). The van der Waals surface area contributed by atoms with Crippen LogP contribution in [0.2, 0.25) is 0 Å². The number of fused-ring (bicyclic) bond motifs is 3. The second-order valence-electron chi connectivity index (χ2n) is 7.11. The van der Waals surface area contributed by atoms with E-state index in [1.165, 1.54) is 6.92 Å². The lowest BCUT2D eigenvalue weighted by molar-refractivity contribution is -0.126. The van der Waals surface area contributed by atoms with Crippen molar-refractivity contribution in [3.63, 3.8) is 0 Å². The second kappa shape index (κ2) is 8.53. The maximum atomic E-state index is 13.1. The maximum Gasteiger partial charge on any atom is 0.249 e. The third-order valence-corrected chi connectivity index (χ3v) is 5.41. The highest BCUT2D eigenvalue weighted by molar-refractivity contribution is 6.05. The van der Waals surface area contributed by atoms with Crippen molar-refractivity contribution in [2.24, 2.45) is 0 Å². The molecule has 2 amide bonds. The van der Waals surface area contributed by atoms with Crippen LogP contribution in [0.25, 0.3) is 10.8 Å². The van der Waals surface area contributed by atoms with Gasteiger partial charge in [0.2, 0.25) is 11.8 Å². The fourth-order valence-electron chi connectivity index (χ4n) is 3.97. The van der Waals surface area contributed by atoms with Gasteiger partial charge >= 0.3 is 0 Å². The SMILES string of the molecule is CCN(CC)CCCN1C(=O)C(NC(C)=O)Cc2c1ccc1ccccc21. The number of rotatable bonds is 7. The fraction of sp³-hybridized carbons (Fsp3) is 0.455. The number of nitrogens with one attached hydrogen (secondary N) is 1. The van der Waals surface area contributed by atoms with Gasteiger partial charge in [-0.3, -0.25) is 9.59 Å². The van der Waals surface area contributed by atoms with E-state index < -0.39 is 6.04 Å². The van der Waals surface area contributed by atoms with Gasteiger partial charge in [0, 0.05) is 25.6 Å². The Bertz CT molecular complexity index is 829. The summed E-state index contributed by atoms with van der Waals surface area (Å²) in [5.41, 5.74) is 2.13. The number of hydrogen-bond donors (Lipinski definition) is 1. The van der Waals surface area contributed by atoms with E-state index in [4.69, 9.17) is 0 Å². The molecule has 5 nitrogen and oxygen atoms in total. The van der Waals surface area contributed by atoms with Crippen LogP contribution in [0.15, 0.2) is 36.4 Å². The number of anilines is 1.